The number of carbonyl (C=O) groups is 2. The lowest BCUT2D eigenvalue weighted by Crippen LogP contribution is -2.19. The molecule has 0 aliphatic carbocycles. The van der Waals surface area contributed by atoms with E-state index in [9.17, 15) is 9.59 Å². The number of hydrogen-bond acceptors (Lipinski definition) is 6. The molecule has 0 amide bonds. The molecule has 2 unspecified atom stereocenters. The van der Waals surface area contributed by atoms with E-state index >= 15 is 0 Å². The SMILES string of the molecule is CC(C)COCC(C)C.CC(O)COC(C)CO.O=C(O)CCCCC(=O)O. The summed E-state index contributed by atoms with van der Waals surface area (Å²) in [6.07, 6.45) is 0.405. The lowest BCUT2D eigenvalue weighted by Gasteiger charge is -2.10. The third-order valence-electron chi connectivity index (χ3n) is 2.81. The number of aliphatic hydroxyl groups is 2. The number of rotatable bonds is 13. The summed E-state index contributed by atoms with van der Waals surface area (Å²) >= 11 is 0. The molecule has 0 radical (unpaired) electrons. The number of hydrogen-bond donors (Lipinski definition) is 4. The molecule has 8 heteroatoms. The Morgan fingerprint density at radius 3 is 1.43 bits per heavy atom. The second-order valence-electron chi connectivity index (χ2n) is 7.50. The fourth-order valence-corrected chi connectivity index (χ4v) is 1.45. The Balaban J connectivity index is -0.000000336. The molecule has 4 N–H and O–H groups in total. The highest BCUT2D eigenvalue weighted by atomic mass is 16.5. The standard InChI is InChI=1S/C8H18O.C6H10O4.C6H14O3/c1-7(2)5-9-6-8(3)4;7-5(8)3-1-2-4-6(9)10;1-5(8)4-9-6(2)3-7/h7-8H,5-6H2,1-4H3;1-4H2,(H,7,8)(H,9,10);5-8H,3-4H2,1-2H3. The van der Waals surface area contributed by atoms with Crippen molar-refractivity contribution in [2.24, 2.45) is 11.8 Å². The summed E-state index contributed by atoms with van der Waals surface area (Å²) in [6.45, 7) is 14.2. The van der Waals surface area contributed by atoms with E-state index in [1.807, 2.05) is 0 Å². The van der Waals surface area contributed by atoms with Gasteiger partial charge in [0.25, 0.3) is 0 Å². The lowest BCUT2D eigenvalue weighted by molar-refractivity contribution is -0.139. The molecule has 0 bridgehead atoms. The van der Waals surface area contributed by atoms with Crippen molar-refractivity contribution in [2.75, 3.05) is 26.4 Å². The first-order valence-electron chi connectivity index (χ1n) is 9.84. The molecule has 0 aliphatic rings. The molecule has 8 nitrogen and oxygen atoms in total. The molecular weight excluding hydrogens is 368 g/mol. The van der Waals surface area contributed by atoms with Gasteiger partial charge >= 0.3 is 11.9 Å². The smallest absolute Gasteiger partial charge is 0.303 e. The van der Waals surface area contributed by atoms with Crippen molar-refractivity contribution >= 4 is 11.9 Å². The van der Waals surface area contributed by atoms with Gasteiger partial charge in [-0.05, 0) is 38.5 Å². The van der Waals surface area contributed by atoms with Gasteiger partial charge in [-0.3, -0.25) is 9.59 Å². The quantitative estimate of drug-likeness (QED) is 0.341. The van der Waals surface area contributed by atoms with Crippen LogP contribution in [-0.2, 0) is 19.1 Å². The van der Waals surface area contributed by atoms with Crippen LogP contribution in [0.25, 0.3) is 0 Å². The number of ether oxygens (including phenoxy) is 2. The fourth-order valence-electron chi connectivity index (χ4n) is 1.45. The first kappa shape index (κ1) is 31.5. The monoisotopic (exact) mass is 410 g/mol. The van der Waals surface area contributed by atoms with Crippen LogP contribution >= 0.6 is 0 Å². The van der Waals surface area contributed by atoms with E-state index in [1.165, 1.54) is 0 Å². The molecular formula is C20H42O8. The van der Waals surface area contributed by atoms with Crippen LogP contribution in [-0.4, -0.2) is 71.0 Å². The second kappa shape index (κ2) is 22.1. The average molecular weight is 411 g/mol. The zero-order chi connectivity index (χ0) is 22.5. The summed E-state index contributed by atoms with van der Waals surface area (Å²) in [5.41, 5.74) is 0. The van der Waals surface area contributed by atoms with Crippen LogP contribution in [0, 0.1) is 11.8 Å². The van der Waals surface area contributed by atoms with Crippen LogP contribution in [0.2, 0.25) is 0 Å². The summed E-state index contributed by atoms with van der Waals surface area (Å²) in [6, 6.07) is 0. The Hall–Kier alpha value is -1.22. The molecule has 0 saturated carbocycles. The van der Waals surface area contributed by atoms with Gasteiger partial charge in [0.2, 0.25) is 0 Å². The summed E-state index contributed by atoms with van der Waals surface area (Å²) in [4.78, 5) is 19.8. The number of carboxylic acids is 2. The minimum Gasteiger partial charge on any atom is -0.481 e. The minimum absolute atomic E-state index is 0.00667. The van der Waals surface area contributed by atoms with Gasteiger partial charge < -0.3 is 29.9 Å². The predicted octanol–water partition coefficient (Wildman–Crippen LogP) is 2.80. The van der Waals surface area contributed by atoms with E-state index in [0.717, 1.165) is 13.2 Å². The average Bonchev–Trinajstić information content (AvgIpc) is 2.56. The molecule has 2 atom stereocenters. The number of carboxylic acid groups (broad SMARTS) is 2. The maximum Gasteiger partial charge on any atom is 0.303 e. The second-order valence-corrected chi connectivity index (χ2v) is 7.50. The Morgan fingerprint density at radius 2 is 1.18 bits per heavy atom. The van der Waals surface area contributed by atoms with Crippen LogP contribution in [0.3, 0.4) is 0 Å². The molecule has 0 spiro atoms. The van der Waals surface area contributed by atoms with E-state index in [4.69, 9.17) is 29.9 Å². The Labute approximate surface area is 169 Å². The van der Waals surface area contributed by atoms with Gasteiger partial charge in [0.1, 0.15) is 0 Å². The van der Waals surface area contributed by atoms with Gasteiger partial charge in [-0.25, -0.2) is 0 Å². The van der Waals surface area contributed by atoms with E-state index in [1.54, 1.807) is 13.8 Å². The lowest BCUT2D eigenvalue weighted by atomic mass is 10.2. The van der Waals surface area contributed by atoms with Gasteiger partial charge in [-0.15, -0.1) is 0 Å². The maximum atomic E-state index is 9.90. The molecule has 0 fully saturated rings. The molecule has 0 aliphatic heterocycles. The van der Waals surface area contributed by atoms with E-state index < -0.39 is 18.0 Å². The van der Waals surface area contributed by atoms with Crippen molar-refractivity contribution in [3.05, 3.63) is 0 Å². The molecule has 0 aromatic rings. The van der Waals surface area contributed by atoms with Crippen molar-refractivity contribution < 1.29 is 39.5 Å². The summed E-state index contributed by atoms with van der Waals surface area (Å²) in [7, 11) is 0. The van der Waals surface area contributed by atoms with Crippen molar-refractivity contribution in [3.63, 3.8) is 0 Å². The Bertz CT molecular complexity index is 332. The zero-order valence-corrected chi connectivity index (χ0v) is 18.4. The van der Waals surface area contributed by atoms with E-state index in [2.05, 4.69) is 27.7 Å². The van der Waals surface area contributed by atoms with Crippen LogP contribution in [0.5, 0.6) is 0 Å². The number of aliphatic carboxylic acids is 2. The maximum absolute atomic E-state index is 9.90. The Kier molecular flexibility index (Phi) is 24.8. The highest BCUT2D eigenvalue weighted by molar-refractivity contribution is 5.67. The largest absolute Gasteiger partial charge is 0.481 e. The molecule has 0 aromatic carbocycles. The third kappa shape index (κ3) is 39.7. The van der Waals surface area contributed by atoms with Gasteiger partial charge in [0.05, 0.1) is 25.4 Å². The zero-order valence-electron chi connectivity index (χ0n) is 18.4. The highest BCUT2D eigenvalue weighted by Gasteiger charge is 2.01. The fraction of sp³-hybridized carbons (Fsp3) is 0.900. The minimum atomic E-state index is -0.870. The first-order chi connectivity index (χ1) is 12.9. The van der Waals surface area contributed by atoms with Gasteiger partial charge in [0, 0.05) is 26.1 Å². The first-order valence-corrected chi connectivity index (χ1v) is 9.84. The topological polar surface area (TPSA) is 134 Å². The van der Waals surface area contributed by atoms with E-state index in [0.29, 0.717) is 31.3 Å². The van der Waals surface area contributed by atoms with Crippen LogP contribution < -0.4 is 0 Å². The van der Waals surface area contributed by atoms with E-state index in [-0.39, 0.29) is 25.6 Å². The Morgan fingerprint density at radius 1 is 0.786 bits per heavy atom. The molecule has 0 aromatic heterocycles. The van der Waals surface area contributed by atoms with Crippen LogP contribution in [0.4, 0.5) is 0 Å². The van der Waals surface area contributed by atoms with Crippen LogP contribution in [0.15, 0.2) is 0 Å². The van der Waals surface area contributed by atoms with Crippen LogP contribution in [0.1, 0.15) is 67.2 Å². The summed E-state index contributed by atoms with van der Waals surface area (Å²) < 4.78 is 10.3. The van der Waals surface area contributed by atoms with Gasteiger partial charge in [-0.2, -0.15) is 0 Å². The normalized spacial score (nSPS) is 12.5. The summed E-state index contributed by atoms with van der Waals surface area (Å²) in [5.74, 6) is -0.400. The van der Waals surface area contributed by atoms with Crippen molar-refractivity contribution in [1.29, 1.82) is 0 Å². The molecule has 28 heavy (non-hydrogen) atoms. The van der Waals surface area contributed by atoms with Gasteiger partial charge in [0.15, 0.2) is 0 Å². The van der Waals surface area contributed by atoms with Gasteiger partial charge in [-0.1, -0.05) is 27.7 Å². The highest BCUT2D eigenvalue weighted by Crippen LogP contribution is 1.99. The number of unbranched alkanes of at least 4 members (excludes halogenated alkanes) is 1. The predicted molar refractivity (Wildman–Crippen MR) is 108 cm³/mol. The molecule has 0 rings (SSSR count). The summed E-state index contributed by atoms with van der Waals surface area (Å²) in [5, 5.41) is 33.4. The molecule has 0 heterocycles. The third-order valence-corrected chi connectivity index (χ3v) is 2.81. The number of aliphatic hydroxyl groups excluding tert-OH is 2. The molecule has 170 valence electrons. The molecule has 0 saturated heterocycles. The van der Waals surface area contributed by atoms with Crippen molar-refractivity contribution in [2.45, 2.75) is 79.4 Å². The van der Waals surface area contributed by atoms with Crippen molar-refractivity contribution in [3.8, 4) is 0 Å². The van der Waals surface area contributed by atoms with Crippen molar-refractivity contribution in [1.82, 2.24) is 0 Å².